The molecule has 0 bridgehead atoms. The molecule has 1 aliphatic heterocycles. The van der Waals surface area contributed by atoms with Crippen LogP contribution in [0.1, 0.15) is 57.6 Å². The number of nitrogens with one attached hydrogen (secondary N) is 1. The third-order valence-corrected chi connectivity index (χ3v) is 7.03. The zero-order valence-electron chi connectivity index (χ0n) is 19.8. The predicted octanol–water partition coefficient (Wildman–Crippen LogP) is 4.15. The van der Waals surface area contributed by atoms with E-state index in [2.05, 4.69) is 55.0 Å². The van der Waals surface area contributed by atoms with Gasteiger partial charge in [0.25, 0.3) is 0 Å². The van der Waals surface area contributed by atoms with Crippen LogP contribution in [0.15, 0.2) is 50.3 Å². The maximum absolute atomic E-state index is 11.2. The molecule has 2 aromatic heterocycles. The van der Waals surface area contributed by atoms with Crippen molar-refractivity contribution in [1.82, 2.24) is 20.1 Å². The molecule has 1 saturated carbocycles. The second kappa shape index (κ2) is 8.38. The van der Waals surface area contributed by atoms with E-state index in [9.17, 15) is 4.79 Å². The first-order valence-corrected chi connectivity index (χ1v) is 11.8. The summed E-state index contributed by atoms with van der Waals surface area (Å²) in [6, 6.07) is 0. The van der Waals surface area contributed by atoms with E-state index < -0.39 is 11.4 Å². The van der Waals surface area contributed by atoms with Gasteiger partial charge in [-0.15, -0.1) is 0 Å². The van der Waals surface area contributed by atoms with Crippen molar-refractivity contribution in [2.45, 2.75) is 64.9 Å². The van der Waals surface area contributed by atoms with Crippen molar-refractivity contribution in [3.63, 3.8) is 0 Å². The lowest BCUT2D eigenvalue weighted by Gasteiger charge is -2.38. The lowest BCUT2D eigenvalue weighted by Crippen LogP contribution is -2.41. The number of nitrogen functional groups attached to an aromatic ring is 1. The van der Waals surface area contributed by atoms with Crippen LogP contribution in [0.5, 0.6) is 5.88 Å². The van der Waals surface area contributed by atoms with Gasteiger partial charge in [-0.1, -0.05) is 35.5 Å². The molecular weight excluding hydrogens is 432 g/mol. The Morgan fingerprint density at radius 2 is 2.03 bits per heavy atom. The quantitative estimate of drug-likeness (QED) is 0.700. The maximum Gasteiger partial charge on any atom is 0.438 e. The Labute approximate surface area is 197 Å². The number of aliphatic imine (C=N–C) groups is 1. The highest BCUT2D eigenvalue weighted by Gasteiger charge is 2.37. The van der Waals surface area contributed by atoms with Gasteiger partial charge < -0.3 is 10.5 Å². The monoisotopic (exact) mass is 462 g/mol. The topological polar surface area (TPSA) is 132 Å². The minimum atomic E-state index is -0.652. The van der Waals surface area contributed by atoms with Crippen LogP contribution in [-0.2, 0) is 6.42 Å². The van der Waals surface area contributed by atoms with Crippen LogP contribution in [0.2, 0.25) is 0 Å². The Kier molecular flexibility index (Phi) is 5.50. The summed E-state index contributed by atoms with van der Waals surface area (Å²) < 4.78 is 10.8. The summed E-state index contributed by atoms with van der Waals surface area (Å²) in [6.07, 6.45) is 17.1. The van der Waals surface area contributed by atoms with Crippen molar-refractivity contribution in [3.8, 4) is 5.88 Å². The van der Waals surface area contributed by atoms with Gasteiger partial charge in [0.2, 0.25) is 5.88 Å². The number of anilines is 1. The number of rotatable bonds is 3. The van der Waals surface area contributed by atoms with Gasteiger partial charge in [-0.05, 0) is 69.8 Å². The fraction of sp³-hybridized carbons (Fsp3) is 0.480. The fourth-order valence-electron chi connectivity index (χ4n) is 5.19. The summed E-state index contributed by atoms with van der Waals surface area (Å²) >= 11 is 0. The number of hydrogen-bond acceptors (Lipinski definition) is 8. The highest BCUT2D eigenvalue weighted by Crippen LogP contribution is 2.45. The number of hydrogen-bond donors (Lipinski definition) is 2. The van der Waals surface area contributed by atoms with Crippen molar-refractivity contribution in [2.75, 3.05) is 5.73 Å². The lowest BCUT2D eigenvalue weighted by atomic mass is 9.67. The van der Waals surface area contributed by atoms with Gasteiger partial charge >= 0.3 is 5.76 Å². The molecule has 34 heavy (non-hydrogen) atoms. The van der Waals surface area contributed by atoms with Crippen molar-refractivity contribution >= 4 is 17.2 Å². The minimum absolute atomic E-state index is 0.148. The third kappa shape index (κ3) is 4.34. The molecule has 0 unspecified atom stereocenters. The molecule has 1 spiro atoms. The first-order chi connectivity index (χ1) is 16.2. The molecule has 0 aromatic carbocycles. The number of H-pyrrole nitrogens is 1. The average Bonchev–Trinajstić information content (AvgIpc) is 3.16. The highest BCUT2D eigenvalue weighted by atomic mass is 16.5. The zero-order chi connectivity index (χ0) is 23.9. The molecule has 1 fully saturated rings. The van der Waals surface area contributed by atoms with Gasteiger partial charge in [0.1, 0.15) is 11.4 Å². The third-order valence-electron chi connectivity index (χ3n) is 7.03. The maximum atomic E-state index is 11.2. The Bertz CT molecular complexity index is 1270. The van der Waals surface area contributed by atoms with Gasteiger partial charge in [-0.2, -0.15) is 4.98 Å². The molecule has 178 valence electrons. The van der Waals surface area contributed by atoms with Crippen LogP contribution in [0, 0.1) is 18.3 Å². The van der Waals surface area contributed by atoms with Gasteiger partial charge in [-0.25, -0.2) is 14.8 Å². The number of allylic oxidation sites excluding steroid dienone is 5. The van der Waals surface area contributed by atoms with Crippen molar-refractivity contribution in [3.05, 3.63) is 58.2 Å². The predicted molar refractivity (Wildman–Crippen MR) is 129 cm³/mol. The Balaban J connectivity index is 1.34. The molecule has 2 aliphatic carbocycles. The van der Waals surface area contributed by atoms with Crippen LogP contribution in [0.3, 0.4) is 0 Å². The van der Waals surface area contributed by atoms with Gasteiger partial charge in [0, 0.05) is 6.42 Å². The second-order valence-corrected chi connectivity index (χ2v) is 10.0. The zero-order valence-corrected chi connectivity index (χ0v) is 19.8. The lowest BCUT2D eigenvalue weighted by molar-refractivity contribution is 0.171. The molecule has 0 radical (unpaired) electrons. The van der Waals surface area contributed by atoms with Crippen LogP contribution < -0.4 is 16.2 Å². The van der Waals surface area contributed by atoms with Crippen LogP contribution in [-0.4, -0.2) is 31.4 Å². The Hall–Kier alpha value is -3.49. The molecule has 0 amide bonds. The van der Waals surface area contributed by atoms with E-state index >= 15 is 0 Å². The molecule has 9 nitrogen and oxygen atoms in total. The number of nitrogens with zero attached hydrogens (tertiary/aromatic N) is 4. The molecule has 3 aliphatic rings. The van der Waals surface area contributed by atoms with Crippen LogP contribution >= 0.6 is 0 Å². The van der Waals surface area contributed by atoms with E-state index in [0.717, 1.165) is 49.8 Å². The summed E-state index contributed by atoms with van der Waals surface area (Å²) in [4.78, 5) is 27.3. The fourth-order valence-corrected chi connectivity index (χ4v) is 5.19. The molecule has 0 atom stereocenters. The molecule has 9 heteroatoms. The molecule has 0 saturated heterocycles. The van der Waals surface area contributed by atoms with Crippen molar-refractivity contribution in [2.24, 2.45) is 16.3 Å². The molecular formula is C25H30N6O3. The number of nitrogens with two attached hydrogens (primary N) is 1. The highest BCUT2D eigenvalue weighted by molar-refractivity contribution is 6.11. The second-order valence-electron chi connectivity index (χ2n) is 10.0. The first-order valence-electron chi connectivity index (χ1n) is 11.8. The Morgan fingerprint density at radius 3 is 2.76 bits per heavy atom. The SMILES string of the molecule is Cc1nc(N)c2c(n1)OC(C)(C)C(C1=C\C=C\C3(C/C=C\1)CCC(Cc1noc(=O)[nH]1)CC3)=N2. The van der Waals surface area contributed by atoms with Gasteiger partial charge in [0.05, 0.1) is 5.71 Å². The number of aromatic amines is 1. The first kappa shape index (κ1) is 22.3. The summed E-state index contributed by atoms with van der Waals surface area (Å²) in [7, 11) is 0. The van der Waals surface area contributed by atoms with E-state index in [4.69, 9.17) is 15.5 Å². The Morgan fingerprint density at radius 1 is 1.24 bits per heavy atom. The van der Waals surface area contributed by atoms with E-state index in [1.165, 1.54) is 0 Å². The van der Waals surface area contributed by atoms with Crippen LogP contribution in [0.25, 0.3) is 0 Å². The average molecular weight is 463 g/mol. The summed E-state index contributed by atoms with van der Waals surface area (Å²) in [5.41, 5.74) is 7.90. The van der Waals surface area contributed by atoms with Gasteiger partial charge in [-0.3, -0.25) is 9.51 Å². The van der Waals surface area contributed by atoms with E-state index in [-0.39, 0.29) is 5.41 Å². The van der Waals surface area contributed by atoms with E-state index in [1.807, 2.05) is 13.8 Å². The standard InChI is InChI=1S/C25H30N6O3/c1-15-27-21(26)19-22(28-15)33-24(2,3)20(30-19)17-6-4-10-25(11-5-7-17)12-8-16(9-13-25)14-18-29-23(32)34-31-18/h4-7,10,16H,8-9,11-14H2,1-3H3,(H2,26,27,28)(H,29,31,32)/b7-5-,10-4+,17-6-. The van der Waals surface area contributed by atoms with Crippen LogP contribution in [0.4, 0.5) is 11.5 Å². The summed E-state index contributed by atoms with van der Waals surface area (Å²) in [5, 5.41) is 3.82. The van der Waals surface area contributed by atoms with Crippen molar-refractivity contribution in [1.29, 1.82) is 0 Å². The van der Waals surface area contributed by atoms with Gasteiger partial charge in [0.15, 0.2) is 17.3 Å². The number of aryl methyl sites for hydroxylation is 1. The smallest absolute Gasteiger partial charge is 0.438 e. The summed E-state index contributed by atoms with van der Waals surface area (Å²) in [6.45, 7) is 5.77. The summed E-state index contributed by atoms with van der Waals surface area (Å²) in [5.74, 6) is 1.98. The molecule has 3 heterocycles. The molecule has 5 rings (SSSR count). The van der Waals surface area contributed by atoms with E-state index in [0.29, 0.717) is 35.0 Å². The largest absolute Gasteiger partial charge is 0.463 e. The number of fused-ring (bicyclic) bond motifs is 1. The van der Waals surface area contributed by atoms with E-state index in [1.54, 1.807) is 6.92 Å². The minimum Gasteiger partial charge on any atom is -0.463 e. The molecule has 3 N–H and O–H groups in total. The molecule has 2 aromatic rings. The normalized spacial score (nSPS) is 29.1. The van der Waals surface area contributed by atoms with Crippen molar-refractivity contribution < 1.29 is 9.26 Å². The number of aromatic nitrogens is 4. The number of ether oxygens (including phenoxy) is 1.